The largest absolute Gasteiger partial charge is 0.352 e. The van der Waals surface area contributed by atoms with Crippen molar-refractivity contribution in [1.82, 2.24) is 10.6 Å². The Bertz CT molecular complexity index is 505. The van der Waals surface area contributed by atoms with E-state index in [1.807, 2.05) is 12.1 Å². The fraction of sp³-hybridized carbons (Fsp3) is 0.529. The molecule has 0 aliphatic heterocycles. The Kier molecular flexibility index (Phi) is 8.66. The fourth-order valence-corrected chi connectivity index (χ4v) is 2.49. The summed E-state index contributed by atoms with van der Waals surface area (Å²) >= 11 is 5.88. The molecule has 2 atom stereocenters. The van der Waals surface area contributed by atoms with E-state index in [9.17, 15) is 9.59 Å². The molecule has 1 rings (SSSR count). The molecule has 0 radical (unpaired) electrons. The van der Waals surface area contributed by atoms with Crippen LogP contribution in [0.5, 0.6) is 0 Å². The number of nitrogens with one attached hydrogen (secondary N) is 2. The Morgan fingerprint density at radius 1 is 1.22 bits per heavy atom. The van der Waals surface area contributed by atoms with Gasteiger partial charge in [0.1, 0.15) is 0 Å². The number of benzene rings is 1. The maximum Gasteiger partial charge on any atom is 0.222 e. The lowest BCUT2D eigenvalue weighted by Crippen LogP contribution is -2.42. The number of unbranched alkanes of at least 4 members (excludes halogenated alkanes) is 1. The molecule has 2 unspecified atom stereocenters. The summed E-state index contributed by atoms with van der Waals surface area (Å²) < 4.78 is 0. The zero-order valence-electron chi connectivity index (χ0n) is 13.8. The van der Waals surface area contributed by atoms with Gasteiger partial charge in [0.2, 0.25) is 11.8 Å². The van der Waals surface area contributed by atoms with Gasteiger partial charge in [-0.2, -0.15) is 0 Å². The van der Waals surface area contributed by atoms with Gasteiger partial charge >= 0.3 is 0 Å². The quantitative estimate of drug-likeness (QED) is 0.646. The lowest BCUT2D eigenvalue weighted by molar-refractivity contribution is -0.123. The van der Waals surface area contributed by atoms with Crippen molar-refractivity contribution < 1.29 is 9.59 Å². The van der Waals surface area contributed by atoms with E-state index < -0.39 is 0 Å². The van der Waals surface area contributed by atoms with Gasteiger partial charge in [-0.1, -0.05) is 43.5 Å². The van der Waals surface area contributed by atoms with Crippen molar-refractivity contribution >= 4 is 23.4 Å². The second-order valence-electron chi connectivity index (χ2n) is 5.65. The zero-order valence-corrected chi connectivity index (χ0v) is 14.5. The van der Waals surface area contributed by atoms with E-state index in [4.69, 9.17) is 17.3 Å². The molecule has 0 saturated carbocycles. The molecule has 0 aliphatic carbocycles. The lowest BCUT2D eigenvalue weighted by atomic mass is 10.0. The van der Waals surface area contributed by atoms with Crippen molar-refractivity contribution in [3.63, 3.8) is 0 Å². The summed E-state index contributed by atoms with van der Waals surface area (Å²) in [5.41, 5.74) is 6.55. The number of hydrogen-bond acceptors (Lipinski definition) is 3. The van der Waals surface area contributed by atoms with Gasteiger partial charge in [0.15, 0.2) is 0 Å². The smallest absolute Gasteiger partial charge is 0.222 e. The Morgan fingerprint density at radius 2 is 1.87 bits per heavy atom. The molecule has 0 heterocycles. The van der Waals surface area contributed by atoms with E-state index in [0.29, 0.717) is 11.6 Å². The first kappa shape index (κ1) is 19.5. The molecule has 4 N–H and O–H groups in total. The first-order valence-electron chi connectivity index (χ1n) is 7.98. The first-order chi connectivity index (χ1) is 11.0. The maximum absolute atomic E-state index is 12.3. The summed E-state index contributed by atoms with van der Waals surface area (Å²) in [5.74, 6) is -0.302. The molecule has 5 nitrogen and oxygen atoms in total. The van der Waals surface area contributed by atoms with Gasteiger partial charge in [0.05, 0.1) is 12.5 Å². The highest BCUT2D eigenvalue weighted by atomic mass is 35.5. The normalized spacial score (nSPS) is 13.2. The van der Waals surface area contributed by atoms with Gasteiger partial charge in [-0.05, 0) is 24.1 Å². The Balaban J connectivity index is 2.70. The van der Waals surface area contributed by atoms with Crippen molar-refractivity contribution in [3.05, 3.63) is 34.9 Å². The SMILES string of the molecule is CCCCC(CN)NC(=O)CC(NC(C)=O)c1ccc(Cl)cc1. The van der Waals surface area contributed by atoms with E-state index in [2.05, 4.69) is 17.6 Å². The van der Waals surface area contributed by atoms with Gasteiger partial charge in [-0.3, -0.25) is 9.59 Å². The number of rotatable bonds is 9. The summed E-state index contributed by atoms with van der Waals surface area (Å²) in [6, 6.07) is 6.71. The van der Waals surface area contributed by atoms with Gasteiger partial charge in [-0.25, -0.2) is 0 Å². The monoisotopic (exact) mass is 339 g/mol. The fourth-order valence-electron chi connectivity index (χ4n) is 2.36. The molecule has 1 aromatic rings. The lowest BCUT2D eigenvalue weighted by Gasteiger charge is -2.21. The van der Waals surface area contributed by atoms with E-state index in [-0.39, 0.29) is 30.3 Å². The second kappa shape index (κ2) is 10.2. The predicted molar refractivity (Wildman–Crippen MR) is 93.1 cm³/mol. The highest BCUT2D eigenvalue weighted by Crippen LogP contribution is 2.19. The summed E-state index contributed by atoms with van der Waals surface area (Å²) in [5, 5.41) is 6.37. The molecule has 0 spiro atoms. The molecule has 23 heavy (non-hydrogen) atoms. The van der Waals surface area contributed by atoms with Crippen LogP contribution >= 0.6 is 11.6 Å². The Labute approximate surface area is 143 Å². The molecule has 1 aromatic carbocycles. The highest BCUT2D eigenvalue weighted by Gasteiger charge is 2.19. The van der Waals surface area contributed by atoms with Gasteiger partial charge in [-0.15, -0.1) is 0 Å². The predicted octanol–water partition coefficient (Wildman–Crippen LogP) is 2.54. The minimum Gasteiger partial charge on any atom is -0.352 e. The third-order valence-electron chi connectivity index (χ3n) is 3.60. The molecule has 6 heteroatoms. The molecule has 0 fully saturated rings. The number of carbonyl (C=O) groups excluding carboxylic acids is 2. The summed E-state index contributed by atoms with van der Waals surface area (Å²) in [7, 11) is 0. The van der Waals surface area contributed by atoms with Crippen LogP contribution < -0.4 is 16.4 Å². The van der Waals surface area contributed by atoms with Crippen LogP contribution in [-0.4, -0.2) is 24.4 Å². The minimum atomic E-state index is -0.380. The average molecular weight is 340 g/mol. The van der Waals surface area contributed by atoms with Crippen LogP contribution in [0.4, 0.5) is 0 Å². The second-order valence-corrected chi connectivity index (χ2v) is 6.09. The number of amides is 2. The van der Waals surface area contributed by atoms with Crippen LogP contribution in [0.25, 0.3) is 0 Å². The molecule has 128 valence electrons. The number of carbonyl (C=O) groups is 2. The summed E-state index contributed by atoms with van der Waals surface area (Å²) in [6.45, 7) is 3.95. The van der Waals surface area contributed by atoms with E-state index >= 15 is 0 Å². The Morgan fingerprint density at radius 3 is 2.39 bits per heavy atom. The molecule has 2 amide bonds. The average Bonchev–Trinajstić information content (AvgIpc) is 2.51. The van der Waals surface area contributed by atoms with Crippen LogP contribution in [0.1, 0.15) is 51.1 Å². The van der Waals surface area contributed by atoms with Crippen LogP contribution in [0.3, 0.4) is 0 Å². The van der Waals surface area contributed by atoms with Crippen LogP contribution in [0.15, 0.2) is 24.3 Å². The van der Waals surface area contributed by atoms with Gasteiger partial charge < -0.3 is 16.4 Å². The van der Waals surface area contributed by atoms with Crippen LogP contribution in [-0.2, 0) is 9.59 Å². The summed E-state index contributed by atoms with van der Waals surface area (Å²) in [6.07, 6.45) is 3.12. The molecule has 0 aromatic heterocycles. The molecule has 0 aliphatic rings. The molecular formula is C17H26ClN3O2. The molecule has 0 bridgehead atoms. The van der Waals surface area contributed by atoms with Crippen LogP contribution in [0, 0.1) is 0 Å². The van der Waals surface area contributed by atoms with Gasteiger partial charge in [0, 0.05) is 24.5 Å². The Hall–Kier alpha value is -1.59. The zero-order chi connectivity index (χ0) is 17.2. The molecule has 0 saturated heterocycles. The summed E-state index contributed by atoms with van der Waals surface area (Å²) in [4.78, 5) is 23.7. The highest BCUT2D eigenvalue weighted by molar-refractivity contribution is 6.30. The molecular weight excluding hydrogens is 314 g/mol. The van der Waals surface area contributed by atoms with E-state index in [1.54, 1.807) is 12.1 Å². The third kappa shape index (κ3) is 7.48. The van der Waals surface area contributed by atoms with E-state index in [0.717, 1.165) is 24.8 Å². The van der Waals surface area contributed by atoms with Crippen LogP contribution in [0.2, 0.25) is 5.02 Å². The number of nitrogens with two attached hydrogens (primary N) is 1. The van der Waals surface area contributed by atoms with Gasteiger partial charge in [0.25, 0.3) is 0 Å². The van der Waals surface area contributed by atoms with Crippen molar-refractivity contribution in [2.45, 2.75) is 51.6 Å². The van der Waals surface area contributed by atoms with Crippen molar-refractivity contribution in [3.8, 4) is 0 Å². The first-order valence-corrected chi connectivity index (χ1v) is 8.36. The standard InChI is InChI=1S/C17H26ClN3O2/c1-3-4-5-15(11-19)21-17(23)10-16(20-12(2)22)13-6-8-14(18)9-7-13/h6-9,15-16H,3-5,10-11,19H2,1-2H3,(H,20,22)(H,21,23). The van der Waals surface area contributed by atoms with Crippen molar-refractivity contribution in [2.24, 2.45) is 5.73 Å². The van der Waals surface area contributed by atoms with Crippen molar-refractivity contribution in [2.75, 3.05) is 6.54 Å². The minimum absolute atomic E-state index is 0.0226. The topological polar surface area (TPSA) is 84.2 Å². The van der Waals surface area contributed by atoms with Crippen molar-refractivity contribution in [1.29, 1.82) is 0 Å². The number of hydrogen-bond donors (Lipinski definition) is 3. The van der Waals surface area contributed by atoms with E-state index in [1.165, 1.54) is 6.92 Å². The maximum atomic E-state index is 12.3. The third-order valence-corrected chi connectivity index (χ3v) is 3.85. The number of halogens is 1.